The number of fused-ring (bicyclic) bond motifs is 10. The van der Waals surface area contributed by atoms with Crippen molar-refractivity contribution in [2.24, 2.45) is 88.3 Å². The van der Waals surface area contributed by atoms with Gasteiger partial charge in [-0.2, -0.15) is 5.26 Å². The Morgan fingerprint density at radius 1 is 0.534 bits per heavy atom. The van der Waals surface area contributed by atoms with Crippen molar-refractivity contribution in [3.63, 3.8) is 0 Å². The number of ketones is 2. The van der Waals surface area contributed by atoms with Crippen LogP contribution in [0.5, 0.6) is 11.5 Å². The number of ether oxygens (including phenoxy) is 18. The van der Waals surface area contributed by atoms with Crippen molar-refractivity contribution in [1.29, 1.82) is 5.26 Å². The number of nitrogens with zero attached hydrogens (tertiary/aromatic N) is 3. The van der Waals surface area contributed by atoms with E-state index in [0.717, 1.165) is 101 Å². The van der Waals surface area contributed by atoms with Gasteiger partial charge in [-0.3, -0.25) is 24.0 Å². The normalized spacial score (nSPS) is 40.2. The van der Waals surface area contributed by atoms with E-state index in [1.807, 2.05) is 77.9 Å². The smallest absolute Gasteiger partial charge is 0.311 e. The summed E-state index contributed by atoms with van der Waals surface area (Å²) in [5, 5.41) is 9.53. The molecule has 6 heterocycles. The Bertz CT molecular complexity index is 4420. The largest absolute Gasteiger partial charge is 0.462 e. The lowest BCUT2D eigenvalue weighted by Crippen LogP contribution is -2.59. The van der Waals surface area contributed by atoms with E-state index < -0.39 is 36.9 Å². The van der Waals surface area contributed by atoms with Crippen LogP contribution in [0.2, 0.25) is 0 Å². The minimum absolute atomic E-state index is 0.0364. The summed E-state index contributed by atoms with van der Waals surface area (Å²) < 4.78 is 111. The molecule has 28 heteroatoms. The molecule has 13 aliphatic rings. The van der Waals surface area contributed by atoms with Crippen molar-refractivity contribution in [2.75, 3.05) is 70.8 Å². The zero-order valence-corrected chi connectivity index (χ0v) is 83.7. The van der Waals surface area contributed by atoms with Gasteiger partial charge in [-0.1, -0.05) is 131 Å². The lowest BCUT2D eigenvalue weighted by molar-refractivity contribution is -0.314. The van der Waals surface area contributed by atoms with Crippen LogP contribution in [0.25, 0.3) is 0 Å². The monoisotopic (exact) mass is 1890 g/mol. The van der Waals surface area contributed by atoms with Gasteiger partial charge in [-0.05, 0) is 266 Å². The molecule has 6 saturated heterocycles. The van der Waals surface area contributed by atoms with E-state index in [2.05, 4.69) is 103 Å². The number of rotatable bonds is 24. The van der Waals surface area contributed by atoms with Crippen molar-refractivity contribution >= 4 is 52.7 Å². The van der Waals surface area contributed by atoms with Crippen LogP contribution in [-0.4, -0.2) is 245 Å². The van der Waals surface area contributed by atoms with Crippen LogP contribution in [0.15, 0.2) is 112 Å². The SMILES string of the molecule is CC1(C)[C@H](C=C(Cl)Cl)[C@H]1C(=O)OC(C#N)c1cccc(Oc2ccccc2)c1.CC[C@H]1CCC[C@H](O[C@H]2CC[C@H](N(C)C)[C@@H](C)O2)[C@@H](C)C(=O)C2=C[C@@H]3[C@@H](C=C(C)[C@@H]4C[C@@H](O[C@@H]5O[C@@H](C)[C@H](OC)[C@@H](OC)[C@H]5OC)C[C@@H]34)[C@@H]2CC(=O)O1.CC[C@H]1CCC[C@H](O[C@H]2CC[C@H](N(C)C)[C@@H](C)O2)[C@@H](C)C(=O)C2=C[C@@H]3[C@@H](C=C[C@@H]4C[C@@H](O[C@@H]5O[C@@H](C)[C@H](OC)[C@@H](OC)[C@H]5OC)C[C@@H]34)[C@@H]2CC(=O)O1. The second kappa shape index (κ2) is 46.9. The Morgan fingerprint density at radius 3 is 1.49 bits per heavy atom. The van der Waals surface area contributed by atoms with Crippen LogP contribution in [0.4, 0.5) is 0 Å². The number of halogens is 2. The number of nitriles is 1. The average molecular weight is 1890 g/mol. The standard InChI is InChI=1S/C42H67NO10.C41H65NO10.C22H19Cl2NO3/c1-11-26-13-12-14-35(53-37-16-15-34(43(6)7)24(4)49-37)23(3)38(45)33-20-31-29(32(33)21-36(44)51-26)17-22(2)28-18-27(19-30(28)31)52-42-41(48-10)40(47-9)39(46-8)25(5)50-42;1-10-26-12-11-13-34(52-36-17-16-33(42(5)6)23(3)48-36)22(2)37(44)32-20-30-28(31(32)21-35(43)50-26)15-14-25-18-27(19-29(25)30)51-41-40(47-9)39(46-8)38(45-7)24(4)49-41;1-22(2)17(12-19(23)24)20(22)21(26)28-18(13-25)14-7-6-10-16(11-14)27-15-8-4-3-5-9-15/h17,20,23-32,34-35,37,39-42H,11-16,18-19,21H2,1-10H3;14-15,20,22-31,33-34,36,38-41H,10-13,16-19,21H2,1-9H3;3-12,17-18,20H,1-2H3/t23-,24-,25+,26+,27-,28+,29-,30-,31-,32+,34+,35+,37+,39+,40-,41-,42+;22-,23-,24+,25-,26+,27-,28-,29-,30-,31+,33+,34+,36+,38+,39-,40-,41+;17-,18?,20+/m111/s1. The summed E-state index contributed by atoms with van der Waals surface area (Å²) in [6.07, 6.45) is 20.0. The highest BCUT2D eigenvalue weighted by atomic mass is 35.5. The molecule has 15 rings (SSSR count). The van der Waals surface area contributed by atoms with Gasteiger partial charge in [0.25, 0.3) is 0 Å². The quantitative estimate of drug-likeness (QED) is 0.0536. The van der Waals surface area contributed by atoms with Gasteiger partial charge in [-0.15, -0.1) is 0 Å². The van der Waals surface area contributed by atoms with Crippen molar-refractivity contribution in [2.45, 2.75) is 333 Å². The molecule has 0 spiro atoms. The highest BCUT2D eigenvalue weighted by molar-refractivity contribution is 6.55. The van der Waals surface area contributed by atoms with E-state index in [9.17, 15) is 29.2 Å². The first-order valence-electron chi connectivity index (χ1n) is 49.1. The van der Waals surface area contributed by atoms with Crippen LogP contribution >= 0.6 is 23.2 Å². The molecule has 1 unspecified atom stereocenters. The maximum Gasteiger partial charge on any atom is 0.311 e. The molecule has 0 radical (unpaired) electrons. The van der Waals surface area contributed by atoms with Crippen molar-refractivity contribution in [3.8, 4) is 17.6 Å². The number of benzene rings is 2. The van der Waals surface area contributed by atoms with Gasteiger partial charge < -0.3 is 95.1 Å². The van der Waals surface area contributed by atoms with Crippen LogP contribution in [0.1, 0.15) is 203 Å². The third kappa shape index (κ3) is 24.2. The summed E-state index contributed by atoms with van der Waals surface area (Å²) in [7, 11) is 18.3. The van der Waals surface area contributed by atoms with Gasteiger partial charge in [0.05, 0.1) is 67.6 Å². The van der Waals surface area contributed by atoms with E-state index in [4.69, 9.17) is 108 Å². The first-order chi connectivity index (χ1) is 63.7. The third-order valence-electron chi connectivity index (χ3n) is 31.9. The number of cyclic esters (lactones) is 2. The molecule has 3 saturated carbocycles. The Kier molecular flexibility index (Phi) is 36.9. The van der Waals surface area contributed by atoms with E-state index in [1.54, 1.807) is 73.0 Å². The van der Waals surface area contributed by atoms with Gasteiger partial charge in [-0.25, -0.2) is 0 Å². The topological polar surface area (TPSA) is 282 Å². The molecule has 9 fully saturated rings. The summed E-state index contributed by atoms with van der Waals surface area (Å²) in [6.45, 7) is 22.4. The lowest BCUT2D eigenvalue weighted by Gasteiger charge is -2.44. The Morgan fingerprint density at radius 2 is 1.02 bits per heavy atom. The number of hydrogen-bond donors (Lipinski definition) is 0. The molecular weight excluding hydrogens is 1740 g/mol. The van der Waals surface area contributed by atoms with E-state index in [1.165, 1.54) is 5.57 Å². The molecule has 6 aliphatic heterocycles. The molecule has 0 N–H and O–H groups in total. The van der Waals surface area contributed by atoms with Crippen LogP contribution in [0, 0.1) is 99.6 Å². The van der Waals surface area contributed by atoms with Gasteiger partial charge in [0.1, 0.15) is 70.9 Å². The van der Waals surface area contributed by atoms with Gasteiger partial charge >= 0.3 is 17.9 Å². The predicted molar refractivity (Wildman–Crippen MR) is 501 cm³/mol. The number of methoxy groups -OCH3 is 6. The minimum atomic E-state index is -1.03. The summed E-state index contributed by atoms with van der Waals surface area (Å²) >= 11 is 11.5. The fraction of sp³-hybridized carbons (Fsp3) is 0.733. The molecule has 0 amide bonds. The Balaban J connectivity index is 0.000000178. The first kappa shape index (κ1) is 104. The molecule has 26 nitrogen and oxygen atoms in total. The molecule has 133 heavy (non-hydrogen) atoms. The highest BCUT2D eigenvalue weighted by Gasteiger charge is 2.63. The molecule has 7 aliphatic carbocycles. The maximum absolute atomic E-state index is 14.7. The number of likely N-dealkylation sites (N-methyl/N-ethyl adjacent to an activating group) is 2. The second-order valence-electron chi connectivity index (χ2n) is 40.7. The predicted octanol–water partition coefficient (Wildman–Crippen LogP) is 17.5. The van der Waals surface area contributed by atoms with Crippen molar-refractivity contribution < 1.29 is 109 Å². The highest BCUT2D eigenvalue weighted by Crippen LogP contribution is 2.62. The fourth-order valence-corrected chi connectivity index (χ4v) is 24.7. The zero-order chi connectivity index (χ0) is 95.7. The molecule has 2 aromatic rings. The molecule has 2 aromatic carbocycles. The molecule has 738 valence electrons. The number of carbonyl (C=O) groups excluding carboxylic acids is 5. The summed E-state index contributed by atoms with van der Waals surface area (Å²) in [5.74, 6) is 0.319. The Labute approximate surface area is 799 Å². The number of carbonyl (C=O) groups is 5. The van der Waals surface area contributed by atoms with Crippen molar-refractivity contribution in [1.82, 2.24) is 9.80 Å². The van der Waals surface area contributed by atoms with Gasteiger partial charge in [0.2, 0.25) is 6.10 Å². The molecular formula is C105H151Cl2N3O23. The average Bonchev–Trinajstić information content (AvgIpc) is 1.56. The first-order valence-corrected chi connectivity index (χ1v) is 49.9. The number of allylic oxidation sites excluding steroid dienone is 9. The van der Waals surface area contributed by atoms with Crippen LogP contribution in [-0.2, 0) is 104 Å². The summed E-state index contributed by atoms with van der Waals surface area (Å²) in [6, 6.07) is 19.0. The number of para-hydroxylation sites is 1. The molecule has 0 aromatic heterocycles. The zero-order valence-electron chi connectivity index (χ0n) is 82.2. The van der Waals surface area contributed by atoms with E-state index in [-0.39, 0.29) is 215 Å². The van der Waals surface area contributed by atoms with Gasteiger partial charge in [0.15, 0.2) is 36.7 Å². The summed E-state index contributed by atoms with van der Waals surface area (Å²) in [4.78, 5) is 73.5. The van der Waals surface area contributed by atoms with Crippen LogP contribution in [0.3, 0.4) is 0 Å². The van der Waals surface area contributed by atoms with Crippen LogP contribution < -0.4 is 4.74 Å². The maximum atomic E-state index is 14.7. The summed E-state index contributed by atoms with van der Waals surface area (Å²) in [5.41, 5.74) is 3.07. The third-order valence-corrected chi connectivity index (χ3v) is 32.1. The fourth-order valence-electron chi connectivity index (χ4n) is 24.5. The molecule has 37 atom stereocenters. The number of hydrogen-bond acceptors (Lipinski definition) is 26. The number of Topliss-reactive ketones (excluding diaryl/α,β-unsaturated/α-hetero) is 2. The number of esters is 3. The van der Waals surface area contributed by atoms with Gasteiger partial charge in [0, 0.05) is 84.0 Å². The Hall–Kier alpha value is -5.88. The second-order valence-corrected chi connectivity index (χ2v) is 41.7. The minimum Gasteiger partial charge on any atom is -0.462 e. The van der Waals surface area contributed by atoms with E-state index >= 15 is 0 Å². The van der Waals surface area contributed by atoms with E-state index in [0.29, 0.717) is 53.8 Å². The lowest BCUT2D eigenvalue weighted by atomic mass is 9.67. The molecule has 0 bridgehead atoms. The van der Waals surface area contributed by atoms with Crippen molar-refractivity contribution in [3.05, 3.63) is 118 Å².